The van der Waals surface area contributed by atoms with E-state index in [1.54, 1.807) is 31.3 Å². The quantitative estimate of drug-likeness (QED) is 0.388. The van der Waals surface area contributed by atoms with E-state index < -0.39 is 18.0 Å². The summed E-state index contributed by atoms with van der Waals surface area (Å²) in [7, 11) is 0. The Bertz CT molecular complexity index is 1520. The van der Waals surface area contributed by atoms with Gasteiger partial charge in [0.25, 0.3) is 5.91 Å². The van der Waals surface area contributed by atoms with Crippen LogP contribution in [0.5, 0.6) is 0 Å². The molecule has 11 heteroatoms. The monoisotopic (exact) mass is 484 g/mol. The van der Waals surface area contributed by atoms with Gasteiger partial charge in [-0.1, -0.05) is 6.07 Å². The van der Waals surface area contributed by atoms with Crippen molar-refractivity contribution in [1.82, 2.24) is 24.8 Å². The van der Waals surface area contributed by atoms with Crippen LogP contribution in [0, 0.1) is 17.1 Å². The van der Waals surface area contributed by atoms with E-state index in [1.165, 1.54) is 29.4 Å². The molecule has 4 aromatic rings. The molecular formula is C25H21FN8O2. The highest BCUT2D eigenvalue weighted by molar-refractivity contribution is 6.12. The van der Waals surface area contributed by atoms with Crippen LogP contribution < -0.4 is 11.1 Å². The maximum Gasteiger partial charge on any atom is 0.255 e. The summed E-state index contributed by atoms with van der Waals surface area (Å²) < 4.78 is 14.4. The predicted molar refractivity (Wildman–Crippen MR) is 130 cm³/mol. The minimum atomic E-state index is -0.607. The van der Waals surface area contributed by atoms with Gasteiger partial charge in [0.05, 0.1) is 34.6 Å². The maximum absolute atomic E-state index is 14.4. The Morgan fingerprint density at radius 3 is 2.78 bits per heavy atom. The number of nitrogens with zero attached hydrogens (tertiary/aromatic N) is 6. The molecule has 1 saturated heterocycles. The molecule has 10 nitrogen and oxygen atoms in total. The van der Waals surface area contributed by atoms with Crippen LogP contribution in [0.3, 0.4) is 0 Å². The number of nitrogens with one attached hydrogen (secondary N) is 1. The number of benzene rings is 1. The molecule has 1 amide bonds. The number of pyridine rings is 2. The molecule has 1 atom stereocenters. The first-order valence-electron chi connectivity index (χ1n) is 11.2. The number of carbonyl (C=O) groups excluding carboxylic acids is 1. The number of anilines is 2. The molecule has 3 aromatic heterocycles. The third-order valence-corrected chi connectivity index (χ3v) is 6.01. The second kappa shape index (κ2) is 9.16. The molecule has 0 saturated carbocycles. The summed E-state index contributed by atoms with van der Waals surface area (Å²) in [4.78, 5) is 32.4. The summed E-state index contributed by atoms with van der Waals surface area (Å²) in [6, 6.07) is 10.7. The SMILES string of the molecule is CC(Nc1ncnc(N)c1C#N)c1nc2ccc(F)cc2c(C(=O)N2CC(O)C2)c1-c1ccccn1. The van der Waals surface area contributed by atoms with Crippen LogP contribution in [0.15, 0.2) is 48.9 Å². The van der Waals surface area contributed by atoms with Crippen molar-refractivity contribution in [3.05, 3.63) is 71.6 Å². The maximum atomic E-state index is 14.4. The van der Waals surface area contributed by atoms with Gasteiger partial charge in [0.1, 0.15) is 35.4 Å². The average molecular weight is 484 g/mol. The number of rotatable bonds is 5. The number of aromatic nitrogens is 4. The van der Waals surface area contributed by atoms with E-state index in [2.05, 4.69) is 20.3 Å². The molecule has 1 aliphatic heterocycles. The number of β-amino-alcohol motifs (C(OH)–C–C–N with tert-alkyl or cyclic N) is 1. The molecular weight excluding hydrogens is 463 g/mol. The second-order valence-electron chi connectivity index (χ2n) is 8.45. The molecule has 0 spiro atoms. The first-order chi connectivity index (χ1) is 17.4. The lowest BCUT2D eigenvalue weighted by Gasteiger charge is -2.36. The van der Waals surface area contributed by atoms with Crippen molar-refractivity contribution in [3.63, 3.8) is 0 Å². The highest BCUT2D eigenvalue weighted by Crippen LogP contribution is 2.37. The predicted octanol–water partition coefficient (Wildman–Crippen LogP) is 2.67. The zero-order valence-electron chi connectivity index (χ0n) is 19.2. The van der Waals surface area contributed by atoms with E-state index in [-0.39, 0.29) is 41.8 Å². The number of nitriles is 1. The fraction of sp³-hybridized carbons (Fsp3) is 0.200. The fourth-order valence-corrected chi connectivity index (χ4v) is 4.23. The van der Waals surface area contributed by atoms with Gasteiger partial charge in [-0.05, 0) is 37.3 Å². The number of hydrogen-bond donors (Lipinski definition) is 3. The van der Waals surface area contributed by atoms with Gasteiger partial charge in [0, 0.05) is 30.2 Å². The van der Waals surface area contributed by atoms with Crippen molar-refractivity contribution in [3.8, 4) is 17.3 Å². The molecule has 5 rings (SSSR count). The Hall–Kier alpha value is -4.69. The molecule has 1 fully saturated rings. The molecule has 4 N–H and O–H groups in total. The Morgan fingerprint density at radius 2 is 2.08 bits per heavy atom. The minimum absolute atomic E-state index is 0.0290. The smallest absolute Gasteiger partial charge is 0.255 e. The Labute approximate surface area is 205 Å². The summed E-state index contributed by atoms with van der Waals surface area (Å²) >= 11 is 0. The molecule has 0 radical (unpaired) electrons. The van der Waals surface area contributed by atoms with Gasteiger partial charge in [-0.15, -0.1) is 0 Å². The van der Waals surface area contributed by atoms with E-state index in [1.807, 2.05) is 6.07 Å². The molecule has 36 heavy (non-hydrogen) atoms. The number of nitrogens with two attached hydrogens (primary N) is 1. The van der Waals surface area contributed by atoms with Gasteiger partial charge in [-0.3, -0.25) is 9.78 Å². The van der Waals surface area contributed by atoms with Gasteiger partial charge in [0.15, 0.2) is 0 Å². The molecule has 1 aromatic carbocycles. The first-order valence-corrected chi connectivity index (χ1v) is 11.2. The number of fused-ring (bicyclic) bond motifs is 1. The fourth-order valence-electron chi connectivity index (χ4n) is 4.23. The largest absolute Gasteiger partial charge is 0.389 e. The number of likely N-dealkylation sites (tertiary alicyclic amines) is 1. The van der Waals surface area contributed by atoms with Crippen molar-refractivity contribution < 1.29 is 14.3 Å². The summed E-state index contributed by atoms with van der Waals surface area (Å²) in [6.07, 6.45) is 2.23. The van der Waals surface area contributed by atoms with E-state index in [4.69, 9.17) is 10.7 Å². The molecule has 1 unspecified atom stereocenters. The van der Waals surface area contributed by atoms with E-state index in [0.717, 1.165) is 0 Å². The molecule has 180 valence electrons. The van der Waals surface area contributed by atoms with Crippen LogP contribution in [-0.4, -0.2) is 55.0 Å². The summed E-state index contributed by atoms with van der Waals surface area (Å²) in [5.74, 6) is -0.634. The molecule has 0 aliphatic carbocycles. The Balaban J connectivity index is 1.75. The number of amides is 1. The van der Waals surface area contributed by atoms with Crippen LogP contribution in [-0.2, 0) is 0 Å². The van der Waals surface area contributed by atoms with Crippen LogP contribution in [0.2, 0.25) is 0 Å². The zero-order chi connectivity index (χ0) is 25.4. The Kier molecular flexibility index (Phi) is 5.87. The van der Waals surface area contributed by atoms with Gasteiger partial charge in [-0.25, -0.2) is 19.3 Å². The molecule has 1 aliphatic rings. The van der Waals surface area contributed by atoms with Crippen LogP contribution in [0.1, 0.15) is 34.6 Å². The summed E-state index contributed by atoms with van der Waals surface area (Å²) in [5.41, 5.74) is 7.89. The number of aliphatic hydroxyl groups excluding tert-OH is 1. The van der Waals surface area contributed by atoms with Crippen LogP contribution in [0.4, 0.5) is 16.0 Å². The van der Waals surface area contributed by atoms with Crippen LogP contribution in [0.25, 0.3) is 22.2 Å². The van der Waals surface area contributed by atoms with Crippen LogP contribution >= 0.6 is 0 Å². The third-order valence-electron chi connectivity index (χ3n) is 6.01. The van der Waals surface area contributed by atoms with E-state index in [0.29, 0.717) is 27.9 Å². The number of halogens is 1. The first kappa shape index (κ1) is 23.1. The lowest BCUT2D eigenvalue weighted by molar-refractivity contribution is 0.00606. The van der Waals surface area contributed by atoms with Crippen molar-refractivity contribution in [2.24, 2.45) is 0 Å². The summed E-state index contributed by atoms with van der Waals surface area (Å²) in [5, 5.41) is 22.8. The van der Waals surface area contributed by atoms with E-state index in [9.17, 15) is 19.6 Å². The number of nitrogen functional groups attached to an aromatic ring is 1. The normalized spacial score (nSPS) is 14.2. The van der Waals surface area contributed by atoms with Gasteiger partial charge in [0.2, 0.25) is 0 Å². The standard InChI is InChI=1S/C25H21FN8O2/c1-13(32-24-17(9-27)23(28)30-12-31-24)22-21(19-4-2-3-7-29-19)20(25(36)34-10-15(35)11-34)16-8-14(26)5-6-18(16)33-22/h2-8,12-13,15,35H,10-11H2,1H3,(H3,28,30,31,32). The van der Waals surface area contributed by atoms with Crippen molar-refractivity contribution in [1.29, 1.82) is 5.26 Å². The highest BCUT2D eigenvalue weighted by atomic mass is 19.1. The molecule has 0 bridgehead atoms. The van der Waals surface area contributed by atoms with Crippen molar-refractivity contribution in [2.45, 2.75) is 19.1 Å². The van der Waals surface area contributed by atoms with Gasteiger partial charge in [-0.2, -0.15) is 5.26 Å². The Morgan fingerprint density at radius 1 is 1.28 bits per heavy atom. The summed E-state index contributed by atoms with van der Waals surface area (Å²) in [6.45, 7) is 2.15. The minimum Gasteiger partial charge on any atom is -0.389 e. The zero-order valence-corrected chi connectivity index (χ0v) is 19.2. The number of hydrogen-bond acceptors (Lipinski definition) is 9. The van der Waals surface area contributed by atoms with Gasteiger partial charge >= 0.3 is 0 Å². The highest BCUT2D eigenvalue weighted by Gasteiger charge is 2.34. The average Bonchev–Trinajstić information content (AvgIpc) is 2.86. The topological polar surface area (TPSA) is 154 Å². The van der Waals surface area contributed by atoms with Gasteiger partial charge < -0.3 is 21.1 Å². The number of carbonyl (C=O) groups is 1. The molecule has 4 heterocycles. The van der Waals surface area contributed by atoms with Crippen molar-refractivity contribution in [2.75, 3.05) is 24.1 Å². The third kappa shape index (κ3) is 4.03. The van der Waals surface area contributed by atoms with E-state index >= 15 is 0 Å². The lowest BCUT2D eigenvalue weighted by Crippen LogP contribution is -2.53. The number of aliphatic hydroxyl groups is 1. The van der Waals surface area contributed by atoms with Crippen molar-refractivity contribution >= 4 is 28.4 Å². The lowest BCUT2D eigenvalue weighted by atomic mass is 9.92. The second-order valence-corrected chi connectivity index (χ2v) is 8.45.